The van der Waals surface area contributed by atoms with Gasteiger partial charge >= 0.3 is 6.18 Å². The minimum absolute atomic E-state index is 0.0206. The van der Waals surface area contributed by atoms with Crippen LogP contribution in [0.15, 0.2) is 58.5 Å². The fraction of sp³-hybridized carbons (Fsp3) is 0.375. The number of para-hydroxylation sites is 1. The Kier molecular flexibility index (Phi) is 8.18. The van der Waals surface area contributed by atoms with Crippen LogP contribution in [0.3, 0.4) is 0 Å². The van der Waals surface area contributed by atoms with Gasteiger partial charge in [0.2, 0.25) is 5.91 Å². The zero-order valence-corrected chi connectivity index (χ0v) is 19.3. The molecule has 33 heavy (non-hydrogen) atoms. The molecule has 3 rings (SSSR count). The smallest absolute Gasteiger partial charge is 0.354 e. The molecule has 2 aromatic carbocycles. The fourth-order valence-electron chi connectivity index (χ4n) is 3.38. The number of fused-ring (bicyclic) bond motifs is 1. The molecule has 3 aromatic rings. The average Bonchev–Trinajstić information content (AvgIpc) is 2.75. The van der Waals surface area contributed by atoms with E-state index in [1.165, 1.54) is 28.5 Å². The summed E-state index contributed by atoms with van der Waals surface area (Å²) in [5.74, 6) is 0.641. The SMILES string of the molecule is CC(C)NC(=O)CCCCCSc1nc2ccccc2c(=O)n1-c1cccc(C(F)(F)F)c1. The van der Waals surface area contributed by atoms with Crippen molar-refractivity contribution in [2.75, 3.05) is 5.75 Å². The van der Waals surface area contributed by atoms with E-state index < -0.39 is 17.3 Å². The predicted octanol–water partition coefficient (Wildman–Crippen LogP) is 5.58. The largest absolute Gasteiger partial charge is 0.416 e. The molecule has 0 aliphatic heterocycles. The summed E-state index contributed by atoms with van der Waals surface area (Å²) in [6.07, 6.45) is -1.72. The second kappa shape index (κ2) is 10.9. The lowest BCUT2D eigenvalue weighted by Gasteiger charge is -2.15. The molecule has 5 nitrogen and oxygen atoms in total. The zero-order valence-electron chi connectivity index (χ0n) is 18.5. The lowest BCUT2D eigenvalue weighted by Crippen LogP contribution is -2.29. The van der Waals surface area contributed by atoms with Gasteiger partial charge in [-0.15, -0.1) is 0 Å². The average molecular weight is 478 g/mol. The van der Waals surface area contributed by atoms with E-state index >= 15 is 0 Å². The number of alkyl halides is 3. The van der Waals surface area contributed by atoms with Gasteiger partial charge in [0.25, 0.3) is 5.56 Å². The van der Waals surface area contributed by atoms with Gasteiger partial charge in [-0.25, -0.2) is 4.98 Å². The minimum Gasteiger partial charge on any atom is -0.354 e. The summed E-state index contributed by atoms with van der Waals surface area (Å²) in [5.41, 5.74) is -0.608. The molecule has 0 aliphatic rings. The first-order valence-electron chi connectivity index (χ1n) is 10.8. The topological polar surface area (TPSA) is 64.0 Å². The molecule has 0 spiro atoms. The number of amides is 1. The zero-order chi connectivity index (χ0) is 24.0. The van der Waals surface area contributed by atoms with Crippen LogP contribution in [0.4, 0.5) is 13.2 Å². The van der Waals surface area contributed by atoms with Gasteiger partial charge in [-0.3, -0.25) is 14.2 Å². The molecule has 0 unspecified atom stereocenters. The van der Waals surface area contributed by atoms with E-state index in [1.54, 1.807) is 24.3 Å². The Bertz CT molecular complexity index is 1180. The summed E-state index contributed by atoms with van der Waals surface area (Å²) in [6, 6.07) is 11.6. The minimum atomic E-state index is -4.51. The Morgan fingerprint density at radius 2 is 1.85 bits per heavy atom. The molecule has 0 atom stereocenters. The monoisotopic (exact) mass is 477 g/mol. The fourth-order valence-corrected chi connectivity index (χ4v) is 4.39. The molecule has 0 bridgehead atoms. The molecule has 1 N–H and O–H groups in total. The number of unbranched alkanes of at least 4 members (excludes halogenated alkanes) is 2. The number of rotatable bonds is 9. The number of carbonyl (C=O) groups excluding carboxylic acids is 1. The normalized spacial score (nSPS) is 11.8. The van der Waals surface area contributed by atoms with Crippen molar-refractivity contribution in [2.24, 2.45) is 0 Å². The maximum Gasteiger partial charge on any atom is 0.416 e. The number of thioether (sulfide) groups is 1. The Balaban J connectivity index is 1.80. The molecule has 1 aromatic heterocycles. The first kappa shape index (κ1) is 24.8. The van der Waals surface area contributed by atoms with Crippen molar-refractivity contribution >= 4 is 28.6 Å². The molecule has 0 saturated carbocycles. The van der Waals surface area contributed by atoms with Gasteiger partial charge in [0.05, 0.1) is 22.2 Å². The third-order valence-corrected chi connectivity index (χ3v) is 5.93. The van der Waals surface area contributed by atoms with E-state index in [1.807, 2.05) is 13.8 Å². The molecule has 1 amide bonds. The molecule has 0 fully saturated rings. The maximum absolute atomic E-state index is 13.2. The van der Waals surface area contributed by atoms with Crippen LogP contribution in [0.1, 0.15) is 45.1 Å². The van der Waals surface area contributed by atoms with Crippen molar-refractivity contribution in [1.29, 1.82) is 0 Å². The van der Waals surface area contributed by atoms with Crippen molar-refractivity contribution in [3.05, 3.63) is 64.4 Å². The molecule has 0 aliphatic carbocycles. The van der Waals surface area contributed by atoms with E-state index in [2.05, 4.69) is 10.3 Å². The highest BCUT2D eigenvalue weighted by molar-refractivity contribution is 7.99. The molecule has 176 valence electrons. The molecule has 9 heteroatoms. The van der Waals surface area contributed by atoms with Gasteiger partial charge in [0.1, 0.15) is 0 Å². The van der Waals surface area contributed by atoms with Crippen molar-refractivity contribution in [1.82, 2.24) is 14.9 Å². The summed E-state index contributed by atoms with van der Waals surface area (Å²) in [7, 11) is 0. The van der Waals surface area contributed by atoms with Gasteiger partial charge in [-0.2, -0.15) is 13.2 Å². The summed E-state index contributed by atoms with van der Waals surface area (Å²) < 4.78 is 41.0. The van der Waals surface area contributed by atoms with Gasteiger partial charge in [-0.05, 0) is 57.0 Å². The number of hydrogen-bond donors (Lipinski definition) is 1. The quantitative estimate of drug-likeness (QED) is 0.248. The number of carbonyl (C=O) groups is 1. The number of hydrogen-bond acceptors (Lipinski definition) is 4. The van der Waals surface area contributed by atoms with Crippen LogP contribution in [-0.2, 0) is 11.0 Å². The Hall–Kier alpha value is -2.81. The van der Waals surface area contributed by atoms with Crippen LogP contribution in [0.5, 0.6) is 0 Å². The van der Waals surface area contributed by atoms with Gasteiger partial charge < -0.3 is 5.32 Å². The molecule has 0 radical (unpaired) electrons. The third kappa shape index (κ3) is 6.60. The van der Waals surface area contributed by atoms with Crippen LogP contribution in [0.25, 0.3) is 16.6 Å². The van der Waals surface area contributed by atoms with Crippen LogP contribution < -0.4 is 10.9 Å². The highest BCUT2D eigenvalue weighted by Gasteiger charge is 2.30. The molecular weight excluding hydrogens is 451 g/mol. The van der Waals surface area contributed by atoms with Crippen LogP contribution in [-0.4, -0.2) is 27.3 Å². The second-order valence-electron chi connectivity index (χ2n) is 7.98. The van der Waals surface area contributed by atoms with Crippen LogP contribution in [0.2, 0.25) is 0 Å². The van der Waals surface area contributed by atoms with Crippen molar-refractivity contribution < 1.29 is 18.0 Å². The Morgan fingerprint density at radius 3 is 2.58 bits per heavy atom. The van der Waals surface area contributed by atoms with Gasteiger partial charge in [-0.1, -0.05) is 36.4 Å². The third-order valence-electron chi connectivity index (χ3n) is 4.91. The van der Waals surface area contributed by atoms with Gasteiger partial charge in [0, 0.05) is 18.2 Å². The number of nitrogens with one attached hydrogen (secondary N) is 1. The van der Waals surface area contributed by atoms with E-state index in [9.17, 15) is 22.8 Å². The molecule has 1 heterocycles. The summed E-state index contributed by atoms with van der Waals surface area (Å²) in [5, 5.41) is 3.54. The van der Waals surface area contributed by atoms with E-state index in [-0.39, 0.29) is 17.6 Å². The lowest BCUT2D eigenvalue weighted by molar-refractivity contribution is -0.137. The van der Waals surface area contributed by atoms with Crippen molar-refractivity contribution in [3.63, 3.8) is 0 Å². The van der Waals surface area contributed by atoms with E-state index in [0.29, 0.717) is 28.2 Å². The second-order valence-corrected chi connectivity index (χ2v) is 9.04. The van der Waals surface area contributed by atoms with Crippen molar-refractivity contribution in [3.8, 4) is 5.69 Å². The van der Waals surface area contributed by atoms with Crippen LogP contribution >= 0.6 is 11.8 Å². The van der Waals surface area contributed by atoms with E-state index in [0.717, 1.165) is 31.4 Å². The van der Waals surface area contributed by atoms with E-state index in [4.69, 9.17) is 0 Å². The Labute approximate surface area is 194 Å². The number of halogens is 3. The molecular formula is C24H26F3N3O2S. The first-order chi connectivity index (χ1) is 15.7. The summed E-state index contributed by atoms with van der Waals surface area (Å²) >= 11 is 1.32. The highest BCUT2D eigenvalue weighted by Crippen LogP contribution is 2.31. The standard InChI is InChI=1S/C24H26F3N3O2S/c1-16(2)28-21(31)13-4-3-7-14-33-23-29-20-12-6-5-11-19(20)22(32)30(23)18-10-8-9-17(15-18)24(25,26)27/h5-6,8-12,15-16H,3-4,7,13-14H2,1-2H3,(H,28,31). The maximum atomic E-state index is 13.2. The summed E-state index contributed by atoms with van der Waals surface area (Å²) in [6.45, 7) is 3.82. The predicted molar refractivity (Wildman–Crippen MR) is 125 cm³/mol. The molecule has 0 saturated heterocycles. The van der Waals surface area contributed by atoms with Crippen LogP contribution in [0, 0.1) is 0 Å². The number of benzene rings is 2. The lowest BCUT2D eigenvalue weighted by atomic mass is 10.2. The number of aromatic nitrogens is 2. The van der Waals surface area contributed by atoms with Crippen molar-refractivity contribution in [2.45, 2.75) is 56.9 Å². The summed E-state index contributed by atoms with van der Waals surface area (Å²) in [4.78, 5) is 29.5. The first-order valence-corrected chi connectivity index (χ1v) is 11.8. The Morgan fingerprint density at radius 1 is 1.09 bits per heavy atom. The highest BCUT2D eigenvalue weighted by atomic mass is 32.2. The van der Waals surface area contributed by atoms with Gasteiger partial charge in [0.15, 0.2) is 5.16 Å². The number of nitrogens with zero attached hydrogens (tertiary/aromatic N) is 2.